The van der Waals surface area contributed by atoms with E-state index in [0.29, 0.717) is 5.58 Å². The van der Waals surface area contributed by atoms with Gasteiger partial charge in [0.25, 0.3) is 0 Å². The first-order chi connectivity index (χ1) is 9.22. The molecule has 0 fully saturated rings. The fourth-order valence-electron chi connectivity index (χ4n) is 3.25. The van der Waals surface area contributed by atoms with Gasteiger partial charge in [-0.05, 0) is 48.9 Å². The van der Waals surface area contributed by atoms with Gasteiger partial charge in [-0.1, -0.05) is 6.92 Å². The Morgan fingerprint density at radius 3 is 3.05 bits per heavy atom. The average molecular weight is 253 g/mol. The molecule has 0 amide bonds. The lowest BCUT2D eigenvalue weighted by Gasteiger charge is -2.18. The smallest absolute Gasteiger partial charge is 0.336 e. The molecule has 0 saturated heterocycles. The van der Waals surface area contributed by atoms with Crippen LogP contribution in [0.1, 0.15) is 24.6 Å². The van der Waals surface area contributed by atoms with Crippen LogP contribution in [0.4, 0.5) is 0 Å². The minimum atomic E-state index is -0.287. The summed E-state index contributed by atoms with van der Waals surface area (Å²) in [5.41, 5.74) is 4.31. The molecule has 1 unspecified atom stereocenters. The zero-order chi connectivity index (χ0) is 13.0. The van der Waals surface area contributed by atoms with E-state index in [1.165, 1.54) is 29.1 Å². The maximum absolute atomic E-state index is 11.3. The van der Waals surface area contributed by atoms with Crippen molar-refractivity contribution in [2.45, 2.75) is 26.2 Å². The Balaban J connectivity index is 2.14. The lowest BCUT2D eigenvalue weighted by atomic mass is 9.87. The molecule has 1 aromatic carbocycles. The summed E-state index contributed by atoms with van der Waals surface area (Å²) in [4.78, 5) is 14.8. The molecule has 3 aromatic rings. The minimum Gasteiger partial charge on any atom is -0.423 e. The van der Waals surface area contributed by atoms with Crippen LogP contribution in [0, 0.1) is 5.92 Å². The van der Waals surface area contributed by atoms with Crippen molar-refractivity contribution in [3.05, 3.63) is 45.9 Å². The van der Waals surface area contributed by atoms with Crippen LogP contribution in [0.2, 0.25) is 0 Å². The van der Waals surface area contributed by atoms with Crippen LogP contribution in [-0.4, -0.2) is 4.98 Å². The number of rotatable bonds is 0. The summed E-state index contributed by atoms with van der Waals surface area (Å²) < 4.78 is 5.29. The van der Waals surface area contributed by atoms with E-state index in [4.69, 9.17) is 4.42 Å². The molecule has 2 heterocycles. The summed E-state index contributed by atoms with van der Waals surface area (Å²) >= 11 is 0. The van der Waals surface area contributed by atoms with Gasteiger partial charge in [0.05, 0.1) is 0 Å². The van der Waals surface area contributed by atoms with Crippen molar-refractivity contribution in [3.8, 4) is 0 Å². The Hall–Kier alpha value is -2.03. The summed E-state index contributed by atoms with van der Waals surface area (Å²) in [6, 6.07) is 7.29. The standard InChI is InChI=1S/C16H15NO2/c1-9-2-4-12-11(8-9)16-10-3-7-15(18)19-14(10)6-5-13(16)17-12/h3,5-7,9,17H,2,4,8H2,1H3. The maximum atomic E-state index is 11.3. The van der Waals surface area contributed by atoms with Gasteiger partial charge in [0.2, 0.25) is 0 Å². The second-order valence-electron chi connectivity index (χ2n) is 5.58. The molecule has 1 atom stereocenters. The molecule has 0 saturated carbocycles. The second-order valence-corrected chi connectivity index (χ2v) is 5.58. The van der Waals surface area contributed by atoms with E-state index in [-0.39, 0.29) is 5.63 Å². The van der Waals surface area contributed by atoms with Crippen molar-refractivity contribution in [1.29, 1.82) is 0 Å². The van der Waals surface area contributed by atoms with E-state index in [1.54, 1.807) is 0 Å². The van der Waals surface area contributed by atoms with E-state index in [2.05, 4.69) is 11.9 Å². The summed E-state index contributed by atoms with van der Waals surface area (Å²) in [6.45, 7) is 2.30. The highest BCUT2D eigenvalue weighted by Gasteiger charge is 2.21. The van der Waals surface area contributed by atoms with Gasteiger partial charge in [0.1, 0.15) is 5.58 Å². The Morgan fingerprint density at radius 1 is 1.26 bits per heavy atom. The third-order valence-electron chi connectivity index (χ3n) is 4.19. The van der Waals surface area contributed by atoms with Gasteiger partial charge in [-0.2, -0.15) is 0 Å². The number of aromatic nitrogens is 1. The van der Waals surface area contributed by atoms with Crippen molar-refractivity contribution in [2.75, 3.05) is 0 Å². The van der Waals surface area contributed by atoms with Gasteiger partial charge in [-0.3, -0.25) is 0 Å². The van der Waals surface area contributed by atoms with Gasteiger partial charge in [-0.15, -0.1) is 0 Å². The zero-order valence-corrected chi connectivity index (χ0v) is 10.8. The van der Waals surface area contributed by atoms with E-state index in [0.717, 1.165) is 29.7 Å². The fourth-order valence-corrected chi connectivity index (χ4v) is 3.25. The first-order valence-electron chi connectivity index (χ1n) is 6.78. The molecular formula is C16H15NO2. The Labute approximate surface area is 110 Å². The van der Waals surface area contributed by atoms with Crippen LogP contribution in [0.5, 0.6) is 0 Å². The van der Waals surface area contributed by atoms with Crippen LogP contribution in [0.15, 0.2) is 33.5 Å². The highest BCUT2D eigenvalue weighted by molar-refractivity contribution is 6.06. The average Bonchev–Trinajstić information content (AvgIpc) is 2.76. The monoisotopic (exact) mass is 253 g/mol. The molecular weight excluding hydrogens is 238 g/mol. The van der Waals surface area contributed by atoms with Crippen LogP contribution >= 0.6 is 0 Å². The van der Waals surface area contributed by atoms with Crippen molar-refractivity contribution in [3.63, 3.8) is 0 Å². The number of hydrogen-bond donors (Lipinski definition) is 1. The molecule has 2 aromatic heterocycles. The SMILES string of the molecule is CC1CCc2[nH]c3ccc4oc(=O)ccc4c3c2C1. The quantitative estimate of drug-likeness (QED) is 0.624. The van der Waals surface area contributed by atoms with Crippen LogP contribution in [0.25, 0.3) is 21.9 Å². The summed E-state index contributed by atoms with van der Waals surface area (Å²) in [7, 11) is 0. The van der Waals surface area contributed by atoms with Crippen molar-refractivity contribution < 1.29 is 4.42 Å². The molecule has 96 valence electrons. The third-order valence-corrected chi connectivity index (χ3v) is 4.19. The molecule has 0 spiro atoms. The van der Waals surface area contributed by atoms with Crippen molar-refractivity contribution >= 4 is 21.9 Å². The predicted octanol–water partition coefficient (Wildman–Crippen LogP) is 3.40. The van der Waals surface area contributed by atoms with E-state index in [9.17, 15) is 4.79 Å². The summed E-state index contributed by atoms with van der Waals surface area (Å²) in [6.07, 6.45) is 3.46. The van der Waals surface area contributed by atoms with E-state index < -0.39 is 0 Å². The maximum Gasteiger partial charge on any atom is 0.336 e. The minimum absolute atomic E-state index is 0.287. The van der Waals surface area contributed by atoms with Crippen molar-refractivity contribution in [1.82, 2.24) is 4.98 Å². The van der Waals surface area contributed by atoms with Gasteiger partial charge in [0.15, 0.2) is 0 Å². The molecule has 3 heteroatoms. The molecule has 0 bridgehead atoms. The lowest BCUT2D eigenvalue weighted by Crippen LogP contribution is -2.10. The Kier molecular flexibility index (Phi) is 2.13. The summed E-state index contributed by atoms with van der Waals surface area (Å²) in [5.74, 6) is 0.720. The van der Waals surface area contributed by atoms with Crippen LogP contribution in [0.3, 0.4) is 0 Å². The molecule has 4 rings (SSSR count). The first kappa shape index (κ1) is 10.9. The highest BCUT2D eigenvalue weighted by atomic mass is 16.4. The van der Waals surface area contributed by atoms with Gasteiger partial charge < -0.3 is 9.40 Å². The van der Waals surface area contributed by atoms with Gasteiger partial charge in [-0.25, -0.2) is 4.79 Å². The lowest BCUT2D eigenvalue weighted by molar-refractivity contribution is 0.500. The van der Waals surface area contributed by atoms with Gasteiger partial charge >= 0.3 is 5.63 Å². The Morgan fingerprint density at radius 2 is 2.16 bits per heavy atom. The number of fused-ring (bicyclic) bond motifs is 5. The molecule has 0 aliphatic heterocycles. The van der Waals surface area contributed by atoms with Crippen molar-refractivity contribution in [2.24, 2.45) is 5.92 Å². The molecule has 1 aliphatic rings. The third kappa shape index (κ3) is 1.54. The molecule has 3 nitrogen and oxygen atoms in total. The normalized spacial score (nSPS) is 18.9. The van der Waals surface area contributed by atoms with E-state index >= 15 is 0 Å². The largest absolute Gasteiger partial charge is 0.423 e. The zero-order valence-electron chi connectivity index (χ0n) is 10.8. The fraction of sp³-hybridized carbons (Fsp3) is 0.312. The van der Waals surface area contributed by atoms with Crippen LogP contribution < -0.4 is 5.63 Å². The summed E-state index contributed by atoms with van der Waals surface area (Å²) in [5, 5.41) is 2.28. The number of aromatic amines is 1. The van der Waals surface area contributed by atoms with E-state index in [1.807, 2.05) is 18.2 Å². The highest BCUT2D eigenvalue weighted by Crippen LogP contribution is 2.35. The predicted molar refractivity (Wildman–Crippen MR) is 75.5 cm³/mol. The second kappa shape index (κ2) is 3.73. The number of H-pyrrole nitrogens is 1. The Bertz CT molecular complexity index is 841. The number of nitrogens with one attached hydrogen (secondary N) is 1. The first-order valence-corrected chi connectivity index (χ1v) is 6.78. The van der Waals surface area contributed by atoms with Gasteiger partial charge in [0, 0.05) is 28.0 Å². The topological polar surface area (TPSA) is 46.0 Å². The molecule has 19 heavy (non-hydrogen) atoms. The number of hydrogen-bond acceptors (Lipinski definition) is 2. The molecule has 1 aliphatic carbocycles. The van der Waals surface area contributed by atoms with Crippen LogP contribution in [-0.2, 0) is 12.8 Å². The number of aryl methyl sites for hydroxylation is 1. The number of benzene rings is 1. The molecule has 0 radical (unpaired) electrons. The molecule has 1 N–H and O–H groups in total.